The van der Waals surface area contributed by atoms with Crippen molar-refractivity contribution >= 4 is 56.6 Å². The lowest BCUT2D eigenvalue weighted by Gasteiger charge is -2.35. The quantitative estimate of drug-likeness (QED) is 0.683. The summed E-state index contributed by atoms with van der Waals surface area (Å²) < 4.78 is 0.827. The van der Waals surface area contributed by atoms with E-state index in [-0.39, 0.29) is 6.03 Å². The van der Waals surface area contributed by atoms with E-state index in [1.165, 1.54) is 17.7 Å². The zero-order valence-electron chi connectivity index (χ0n) is 14.8. The predicted octanol–water partition coefficient (Wildman–Crippen LogP) is 2.80. The summed E-state index contributed by atoms with van der Waals surface area (Å²) in [5.41, 5.74) is 6.74. The second-order valence-corrected chi connectivity index (χ2v) is 7.79. The van der Waals surface area contributed by atoms with Crippen LogP contribution in [0.5, 0.6) is 0 Å². The maximum atomic E-state index is 12.5. The number of hydrogen-bond acceptors (Lipinski definition) is 6. The Morgan fingerprint density at radius 1 is 1.14 bits per heavy atom. The number of nitrogens with one attached hydrogen (secondary N) is 1. The number of benzene rings is 1. The van der Waals surface area contributed by atoms with Gasteiger partial charge in [-0.25, -0.2) is 14.8 Å². The standard InChI is InChI=1S/C18H17ClN6O2S/c19-11-2-1-3-12(8-11)23-18(27)25-6-4-24(5-7-25)17-15-13(21-10-22-17)9-14(28-15)16(20)26/h1-3,8-10H,4-7H2,(H2,20,26)(H,23,27). The summed E-state index contributed by atoms with van der Waals surface area (Å²) in [6, 6.07) is 8.57. The molecule has 2 aromatic heterocycles. The Morgan fingerprint density at radius 3 is 2.64 bits per heavy atom. The molecule has 0 saturated carbocycles. The number of urea groups is 1. The van der Waals surface area contributed by atoms with Crippen LogP contribution in [0.1, 0.15) is 9.67 Å². The second kappa shape index (κ2) is 7.61. The highest BCUT2D eigenvalue weighted by Crippen LogP contribution is 2.31. The lowest BCUT2D eigenvalue weighted by Crippen LogP contribution is -2.50. The molecule has 0 aliphatic carbocycles. The molecule has 0 bridgehead atoms. The average molecular weight is 417 g/mol. The fourth-order valence-electron chi connectivity index (χ4n) is 3.08. The molecule has 3 heterocycles. The maximum absolute atomic E-state index is 12.5. The van der Waals surface area contributed by atoms with Crippen LogP contribution in [0, 0.1) is 0 Å². The number of hydrogen-bond donors (Lipinski definition) is 2. The number of rotatable bonds is 3. The van der Waals surface area contributed by atoms with Crippen molar-refractivity contribution in [1.82, 2.24) is 14.9 Å². The van der Waals surface area contributed by atoms with Crippen LogP contribution >= 0.6 is 22.9 Å². The van der Waals surface area contributed by atoms with Gasteiger partial charge in [0.1, 0.15) is 12.1 Å². The van der Waals surface area contributed by atoms with Gasteiger partial charge >= 0.3 is 6.03 Å². The first-order chi connectivity index (χ1) is 13.5. The van der Waals surface area contributed by atoms with Gasteiger partial charge in [-0.1, -0.05) is 17.7 Å². The van der Waals surface area contributed by atoms with Crippen molar-refractivity contribution in [3.63, 3.8) is 0 Å². The Hall–Kier alpha value is -2.91. The summed E-state index contributed by atoms with van der Waals surface area (Å²) in [5.74, 6) is 0.286. The Labute approximate surface area is 169 Å². The summed E-state index contributed by atoms with van der Waals surface area (Å²) in [7, 11) is 0. The maximum Gasteiger partial charge on any atom is 0.321 e. The zero-order chi connectivity index (χ0) is 19.7. The molecule has 10 heteroatoms. The number of aromatic nitrogens is 2. The van der Waals surface area contributed by atoms with Gasteiger partial charge in [0.2, 0.25) is 0 Å². The number of amides is 3. The van der Waals surface area contributed by atoms with Crippen LogP contribution in [0.25, 0.3) is 10.2 Å². The number of thiophene rings is 1. The molecular formula is C18H17ClN6O2S. The Balaban J connectivity index is 1.45. The molecule has 8 nitrogen and oxygen atoms in total. The number of fused-ring (bicyclic) bond motifs is 1. The highest BCUT2D eigenvalue weighted by atomic mass is 35.5. The molecule has 0 spiro atoms. The molecule has 3 amide bonds. The molecule has 3 aromatic rings. The van der Waals surface area contributed by atoms with Crippen molar-refractivity contribution in [2.75, 3.05) is 36.4 Å². The van der Waals surface area contributed by atoms with Crippen molar-refractivity contribution in [3.05, 3.63) is 46.6 Å². The predicted molar refractivity (Wildman–Crippen MR) is 110 cm³/mol. The third-order valence-corrected chi connectivity index (χ3v) is 5.85. The first-order valence-electron chi connectivity index (χ1n) is 8.62. The van der Waals surface area contributed by atoms with E-state index in [1.807, 2.05) is 0 Å². The highest BCUT2D eigenvalue weighted by Gasteiger charge is 2.24. The third-order valence-electron chi connectivity index (χ3n) is 4.48. The lowest BCUT2D eigenvalue weighted by atomic mass is 10.3. The molecule has 1 aliphatic rings. The first kappa shape index (κ1) is 18.5. The summed E-state index contributed by atoms with van der Waals surface area (Å²) in [4.78, 5) is 36.9. The van der Waals surface area contributed by atoms with Gasteiger partial charge in [-0.05, 0) is 24.3 Å². The van der Waals surface area contributed by atoms with E-state index in [2.05, 4.69) is 20.2 Å². The molecule has 1 aromatic carbocycles. The van der Waals surface area contributed by atoms with Crippen LogP contribution in [0.2, 0.25) is 5.02 Å². The molecule has 0 atom stereocenters. The number of primary amides is 1. The number of nitrogens with two attached hydrogens (primary N) is 1. The van der Waals surface area contributed by atoms with E-state index in [1.54, 1.807) is 35.2 Å². The van der Waals surface area contributed by atoms with Crippen molar-refractivity contribution in [2.24, 2.45) is 5.73 Å². The van der Waals surface area contributed by atoms with Gasteiger partial charge in [-0.2, -0.15) is 0 Å². The largest absolute Gasteiger partial charge is 0.365 e. The zero-order valence-corrected chi connectivity index (χ0v) is 16.3. The van der Waals surface area contributed by atoms with E-state index in [4.69, 9.17) is 17.3 Å². The molecule has 1 saturated heterocycles. The molecular weight excluding hydrogens is 400 g/mol. The lowest BCUT2D eigenvalue weighted by molar-refractivity contribution is 0.100. The Morgan fingerprint density at radius 2 is 1.93 bits per heavy atom. The fraction of sp³-hybridized carbons (Fsp3) is 0.222. The van der Waals surface area contributed by atoms with Crippen molar-refractivity contribution in [2.45, 2.75) is 0 Å². The first-order valence-corrected chi connectivity index (χ1v) is 9.81. The smallest absolute Gasteiger partial charge is 0.321 e. The molecule has 144 valence electrons. The van der Waals surface area contributed by atoms with E-state index in [9.17, 15) is 9.59 Å². The highest BCUT2D eigenvalue weighted by molar-refractivity contribution is 7.21. The second-order valence-electron chi connectivity index (χ2n) is 6.30. The van der Waals surface area contributed by atoms with Crippen LogP contribution in [-0.4, -0.2) is 53.0 Å². The normalized spacial score (nSPS) is 14.3. The number of carbonyl (C=O) groups excluding carboxylic acids is 2. The van der Waals surface area contributed by atoms with Gasteiger partial charge in [0, 0.05) is 36.9 Å². The Kier molecular flexibility index (Phi) is 5.01. The molecule has 0 unspecified atom stereocenters. The van der Waals surface area contributed by atoms with Crippen molar-refractivity contribution < 1.29 is 9.59 Å². The fourth-order valence-corrected chi connectivity index (χ4v) is 4.25. The summed E-state index contributed by atoms with van der Waals surface area (Å²) in [6.07, 6.45) is 1.48. The van der Waals surface area contributed by atoms with E-state index in [0.717, 1.165) is 10.5 Å². The summed E-state index contributed by atoms with van der Waals surface area (Å²) in [6.45, 7) is 2.34. The van der Waals surface area contributed by atoms with Crippen molar-refractivity contribution in [3.8, 4) is 0 Å². The molecule has 0 radical (unpaired) electrons. The number of nitrogens with zero attached hydrogens (tertiary/aromatic N) is 4. The van der Waals surface area contributed by atoms with Gasteiger partial charge in [0.05, 0.1) is 15.1 Å². The van der Waals surface area contributed by atoms with E-state index < -0.39 is 5.91 Å². The third kappa shape index (κ3) is 3.71. The van der Waals surface area contributed by atoms with Crippen LogP contribution in [0.3, 0.4) is 0 Å². The van der Waals surface area contributed by atoms with Crippen LogP contribution in [0.15, 0.2) is 36.7 Å². The van der Waals surface area contributed by atoms with Gasteiger partial charge in [-0.15, -0.1) is 11.3 Å². The molecule has 1 aliphatic heterocycles. The SMILES string of the molecule is NC(=O)c1cc2ncnc(N3CCN(C(=O)Nc4cccc(Cl)c4)CC3)c2s1. The number of halogens is 1. The number of piperazine rings is 1. The monoisotopic (exact) mass is 416 g/mol. The van der Waals surface area contributed by atoms with Gasteiger partial charge in [0.25, 0.3) is 5.91 Å². The number of carbonyl (C=O) groups is 2. The minimum absolute atomic E-state index is 0.165. The van der Waals surface area contributed by atoms with E-state index in [0.29, 0.717) is 47.3 Å². The minimum atomic E-state index is -0.476. The molecule has 1 fully saturated rings. The van der Waals surface area contributed by atoms with Gasteiger partial charge < -0.3 is 20.9 Å². The van der Waals surface area contributed by atoms with Crippen LogP contribution < -0.4 is 16.0 Å². The van der Waals surface area contributed by atoms with Gasteiger partial charge in [0.15, 0.2) is 0 Å². The average Bonchev–Trinajstić information content (AvgIpc) is 3.13. The van der Waals surface area contributed by atoms with Gasteiger partial charge in [-0.3, -0.25) is 4.79 Å². The summed E-state index contributed by atoms with van der Waals surface area (Å²) in [5, 5.41) is 3.43. The number of anilines is 2. The molecule has 3 N–H and O–H groups in total. The molecule has 28 heavy (non-hydrogen) atoms. The topological polar surface area (TPSA) is 104 Å². The van der Waals surface area contributed by atoms with Crippen LogP contribution in [-0.2, 0) is 0 Å². The molecule has 4 rings (SSSR count). The Bertz CT molecular complexity index is 1050. The van der Waals surface area contributed by atoms with Crippen molar-refractivity contribution in [1.29, 1.82) is 0 Å². The minimum Gasteiger partial charge on any atom is -0.365 e. The van der Waals surface area contributed by atoms with E-state index >= 15 is 0 Å². The summed E-state index contributed by atoms with van der Waals surface area (Å²) >= 11 is 7.25. The van der Waals surface area contributed by atoms with Crippen LogP contribution in [0.4, 0.5) is 16.3 Å².